The van der Waals surface area contributed by atoms with Gasteiger partial charge in [-0.2, -0.15) is 10.2 Å². The number of nitrogens with two attached hydrogens (primary N) is 1. The van der Waals surface area contributed by atoms with Gasteiger partial charge in [0.25, 0.3) is 0 Å². The Kier molecular flexibility index (Phi) is 6.09. The first-order valence-corrected chi connectivity index (χ1v) is 9.51. The van der Waals surface area contributed by atoms with Crippen molar-refractivity contribution in [2.45, 2.75) is 38.6 Å². The molecule has 2 aromatic rings. The zero-order valence-corrected chi connectivity index (χ0v) is 17.1. The van der Waals surface area contributed by atoms with Crippen molar-refractivity contribution < 1.29 is 4.79 Å². The maximum Gasteiger partial charge on any atom is 0.229 e. The molecule has 9 heteroatoms. The molecule has 2 heterocycles. The summed E-state index contributed by atoms with van der Waals surface area (Å²) in [6.45, 7) is 3.15. The molecular weight excluding hydrogens is 390 g/mol. The number of aryl methyl sites for hydroxylation is 1. The number of amides is 1. The first-order chi connectivity index (χ1) is 13.5. The number of nitrogens with zero attached hydrogens (tertiary/aromatic N) is 4. The van der Waals surface area contributed by atoms with Crippen LogP contribution in [0.2, 0.25) is 0 Å². The predicted octanol–water partition coefficient (Wildman–Crippen LogP) is 2.30. The maximum absolute atomic E-state index is 11.4. The standard InChI is InChI=1S/C20H23N7O.ClH/c1-12(28)23-15-5-6-27(11-15)19-17-3-2-4-18(17)25-20(26-19)24-16-8-13(10-21)7-14(22)9-16;/h7-9,15H,2-6,11,22H2,1H3,(H,23,28)(H,24,25,26);1H/t15-;/m0./s1. The Labute approximate surface area is 175 Å². The molecule has 4 rings (SSSR count). The monoisotopic (exact) mass is 413 g/mol. The number of nitrogen functional groups attached to an aromatic ring is 1. The third kappa shape index (κ3) is 4.51. The number of anilines is 4. The van der Waals surface area contributed by atoms with E-state index in [2.05, 4.69) is 21.6 Å². The van der Waals surface area contributed by atoms with Crippen LogP contribution in [-0.2, 0) is 17.6 Å². The van der Waals surface area contributed by atoms with Crippen molar-refractivity contribution in [1.29, 1.82) is 5.26 Å². The molecule has 0 saturated carbocycles. The fraction of sp³-hybridized carbons (Fsp3) is 0.400. The molecular formula is C20H24ClN7O. The molecule has 1 aromatic heterocycles. The summed E-state index contributed by atoms with van der Waals surface area (Å²) < 4.78 is 0. The first-order valence-electron chi connectivity index (χ1n) is 9.51. The van der Waals surface area contributed by atoms with Crippen molar-refractivity contribution in [2.24, 2.45) is 0 Å². The van der Waals surface area contributed by atoms with E-state index in [1.165, 1.54) is 5.56 Å². The van der Waals surface area contributed by atoms with Gasteiger partial charge in [0.1, 0.15) is 5.82 Å². The molecule has 4 N–H and O–H groups in total. The molecule has 1 amide bonds. The highest BCUT2D eigenvalue weighted by Crippen LogP contribution is 2.32. The van der Waals surface area contributed by atoms with E-state index in [1.54, 1.807) is 25.1 Å². The summed E-state index contributed by atoms with van der Waals surface area (Å²) in [5, 5.41) is 15.4. The minimum Gasteiger partial charge on any atom is -0.399 e. The number of hydrogen-bond donors (Lipinski definition) is 3. The fourth-order valence-corrected chi connectivity index (χ4v) is 4.01. The van der Waals surface area contributed by atoms with Gasteiger partial charge in [-0.25, -0.2) is 4.98 Å². The Morgan fingerprint density at radius 3 is 2.90 bits per heavy atom. The lowest BCUT2D eigenvalue weighted by Gasteiger charge is -2.21. The summed E-state index contributed by atoms with van der Waals surface area (Å²) in [5.74, 6) is 1.45. The third-order valence-corrected chi connectivity index (χ3v) is 5.15. The van der Waals surface area contributed by atoms with E-state index < -0.39 is 0 Å². The van der Waals surface area contributed by atoms with Gasteiger partial charge >= 0.3 is 0 Å². The molecule has 0 spiro atoms. The highest BCUT2D eigenvalue weighted by atomic mass is 35.5. The van der Waals surface area contributed by atoms with Crippen LogP contribution in [0.5, 0.6) is 0 Å². The number of rotatable bonds is 4. The second-order valence-corrected chi connectivity index (χ2v) is 7.36. The minimum absolute atomic E-state index is 0. The second kappa shape index (κ2) is 8.53. The van der Waals surface area contributed by atoms with Gasteiger partial charge in [0.05, 0.1) is 17.3 Å². The predicted molar refractivity (Wildman–Crippen MR) is 115 cm³/mol. The largest absolute Gasteiger partial charge is 0.399 e. The molecule has 1 aliphatic carbocycles. The fourth-order valence-electron chi connectivity index (χ4n) is 4.01. The lowest BCUT2D eigenvalue weighted by atomic mass is 10.2. The van der Waals surface area contributed by atoms with Crippen LogP contribution in [0.25, 0.3) is 0 Å². The zero-order valence-electron chi connectivity index (χ0n) is 16.2. The maximum atomic E-state index is 11.4. The van der Waals surface area contributed by atoms with E-state index in [4.69, 9.17) is 21.0 Å². The van der Waals surface area contributed by atoms with Gasteiger partial charge in [-0.05, 0) is 43.9 Å². The van der Waals surface area contributed by atoms with Gasteiger partial charge in [-0.15, -0.1) is 12.4 Å². The number of benzene rings is 1. The Balaban J connectivity index is 0.00000240. The SMILES string of the molecule is CC(=O)N[C@H]1CCN(c2nc(Nc3cc(N)cc(C#N)c3)nc3c2CCC3)C1.Cl. The Morgan fingerprint density at radius 1 is 1.31 bits per heavy atom. The molecule has 0 unspecified atom stereocenters. The summed E-state index contributed by atoms with van der Waals surface area (Å²) in [7, 11) is 0. The van der Waals surface area contributed by atoms with Gasteiger partial charge in [0.2, 0.25) is 11.9 Å². The Morgan fingerprint density at radius 2 is 2.14 bits per heavy atom. The molecule has 1 aromatic carbocycles. The first kappa shape index (κ1) is 20.7. The number of aromatic nitrogens is 2. The van der Waals surface area contributed by atoms with Gasteiger partial charge < -0.3 is 21.3 Å². The van der Waals surface area contributed by atoms with E-state index in [1.807, 2.05) is 0 Å². The highest BCUT2D eigenvalue weighted by Gasteiger charge is 2.29. The Hall–Kier alpha value is -3.05. The lowest BCUT2D eigenvalue weighted by Crippen LogP contribution is -2.36. The topological polar surface area (TPSA) is 120 Å². The highest BCUT2D eigenvalue weighted by molar-refractivity contribution is 5.85. The van der Waals surface area contributed by atoms with E-state index in [0.29, 0.717) is 22.9 Å². The average Bonchev–Trinajstić information content (AvgIpc) is 3.29. The molecule has 0 bridgehead atoms. The molecule has 0 radical (unpaired) electrons. The van der Waals surface area contributed by atoms with Crippen LogP contribution in [0.15, 0.2) is 18.2 Å². The quantitative estimate of drug-likeness (QED) is 0.657. The van der Waals surface area contributed by atoms with Crippen LogP contribution >= 0.6 is 12.4 Å². The summed E-state index contributed by atoms with van der Waals surface area (Å²) >= 11 is 0. The van der Waals surface area contributed by atoms with Crippen molar-refractivity contribution in [3.8, 4) is 6.07 Å². The Bertz CT molecular complexity index is 972. The lowest BCUT2D eigenvalue weighted by molar-refractivity contribution is -0.119. The molecule has 1 saturated heterocycles. The minimum atomic E-state index is -0.00270. The third-order valence-electron chi connectivity index (χ3n) is 5.15. The molecule has 2 aliphatic rings. The number of fused-ring (bicyclic) bond motifs is 1. The van der Waals surface area contributed by atoms with Crippen LogP contribution in [0.3, 0.4) is 0 Å². The molecule has 29 heavy (non-hydrogen) atoms. The van der Waals surface area contributed by atoms with Crippen molar-refractivity contribution >= 4 is 41.5 Å². The molecule has 152 valence electrons. The number of carbonyl (C=O) groups excluding carboxylic acids is 1. The normalized spacial score (nSPS) is 17.2. The van der Waals surface area contributed by atoms with Crippen LogP contribution in [0, 0.1) is 11.3 Å². The van der Waals surface area contributed by atoms with E-state index in [9.17, 15) is 4.79 Å². The smallest absolute Gasteiger partial charge is 0.229 e. The van der Waals surface area contributed by atoms with Crippen molar-refractivity contribution in [3.05, 3.63) is 35.0 Å². The van der Waals surface area contributed by atoms with Gasteiger partial charge in [0, 0.05) is 43.0 Å². The summed E-state index contributed by atoms with van der Waals surface area (Å²) in [6.07, 6.45) is 3.88. The van der Waals surface area contributed by atoms with Crippen molar-refractivity contribution in [2.75, 3.05) is 29.0 Å². The summed E-state index contributed by atoms with van der Waals surface area (Å²) in [5.41, 5.74) is 9.86. The second-order valence-electron chi connectivity index (χ2n) is 7.36. The number of nitrogens with one attached hydrogen (secondary N) is 2. The average molecular weight is 414 g/mol. The van der Waals surface area contributed by atoms with Crippen molar-refractivity contribution in [1.82, 2.24) is 15.3 Å². The van der Waals surface area contributed by atoms with Crippen LogP contribution in [0.4, 0.5) is 23.1 Å². The summed E-state index contributed by atoms with van der Waals surface area (Å²) in [4.78, 5) is 23.1. The van der Waals surface area contributed by atoms with E-state index in [0.717, 1.165) is 50.3 Å². The van der Waals surface area contributed by atoms with Crippen LogP contribution in [-0.4, -0.2) is 35.0 Å². The van der Waals surface area contributed by atoms with E-state index in [-0.39, 0.29) is 24.4 Å². The van der Waals surface area contributed by atoms with E-state index >= 15 is 0 Å². The van der Waals surface area contributed by atoms with Gasteiger partial charge in [-0.3, -0.25) is 4.79 Å². The zero-order chi connectivity index (χ0) is 19.7. The van der Waals surface area contributed by atoms with Gasteiger partial charge in [0.15, 0.2) is 0 Å². The summed E-state index contributed by atoms with van der Waals surface area (Å²) in [6, 6.07) is 7.38. The number of halogens is 1. The molecule has 1 aliphatic heterocycles. The van der Waals surface area contributed by atoms with Crippen LogP contribution in [0.1, 0.15) is 36.6 Å². The number of hydrogen-bond acceptors (Lipinski definition) is 7. The molecule has 8 nitrogen and oxygen atoms in total. The van der Waals surface area contributed by atoms with Crippen LogP contribution < -0.4 is 21.3 Å². The number of carbonyl (C=O) groups is 1. The number of nitriles is 1. The molecule has 1 fully saturated rings. The van der Waals surface area contributed by atoms with Gasteiger partial charge in [-0.1, -0.05) is 0 Å². The van der Waals surface area contributed by atoms with Crippen molar-refractivity contribution in [3.63, 3.8) is 0 Å². The molecule has 1 atom stereocenters.